The molecule has 6 heteroatoms. The molecular formula is C14H20Cl2N2OS. The Morgan fingerprint density at radius 1 is 1.40 bits per heavy atom. The van der Waals surface area contributed by atoms with Gasteiger partial charge in [-0.25, -0.2) is 0 Å². The molecule has 3 nitrogen and oxygen atoms in total. The molecule has 0 bridgehead atoms. The van der Waals surface area contributed by atoms with E-state index in [0.717, 1.165) is 24.6 Å². The Morgan fingerprint density at radius 3 is 2.85 bits per heavy atom. The van der Waals surface area contributed by atoms with Gasteiger partial charge < -0.3 is 5.32 Å². The first-order valence-electron chi connectivity index (χ1n) is 6.48. The van der Waals surface area contributed by atoms with Gasteiger partial charge >= 0.3 is 0 Å². The topological polar surface area (TPSA) is 32.3 Å². The fraction of sp³-hybridized carbons (Fsp3) is 0.500. The number of rotatable bonds is 5. The zero-order chi connectivity index (χ0) is 13.5. The first-order chi connectivity index (χ1) is 9.29. The predicted molar refractivity (Wildman–Crippen MR) is 88.9 cm³/mol. The van der Waals surface area contributed by atoms with E-state index in [4.69, 9.17) is 11.6 Å². The molecule has 1 aromatic rings. The molecule has 0 aromatic heterocycles. The third-order valence-corrected chi connectivity index (χ3v) is 4.57. The fourth-order valence-corrected chi connectivity index (χ4v) is 3.41. The second-order valence-corrected chi connectivity index (χ2v) is 6.04. The van der Waals surface area contributed by atoms with E-state index >= 15 is 0 Å². The maximum Gasteiger partial charge on any atom is 0.234 e. The second kappa shape index (κ2) is 9.50. The number of nitrogens with one attached hydrogen (secondary N) is 1. The van der Waals surface area contributed by atoms with Gasteiger partial charge in [-0.2, -0.15) is 11.8 Å². The van der Waals surface area contributed by atoms with E-state index in [1.807, 2.05) is 17.8 Å². The van der Waals surface area contributed by atoms with Crippen LogP contribution in [0, 0.1) is 0 Å². The molecule has 0 aliphatic carbocycles. The number of amides is 1. The minimum absolute atomic E-state index is 0. The first kappa shape index (κ1) is 17.6. The number of halogens is 2. The zero-order valence-corrected chi connectivity index (χ0v) is 13.6. The standard InChI is InChI=1S/C14H19ClN2OS.ClH/c15-8-14(18)16-9-13-11-19-7-6-17(13)10-12-4-2-1-3-5-12;/h1-5,13H,6-11H2,(H,16,18);1H. The van der Waals surface area contributed by atoms with Crippen LogP contribution in [-0.4, -0.2) is 47.3 Å². The molecule has 1 N–H and O–H groups in total. The van der Waals surface area contributed by atoms with Gasteiger partial charge in [0.15, 0.2) is 0 Å². The van der Waals surface area contributed by atoms with Gasteiger partial charge in [-0.3, -0.25) is 9.69 Å². The summed E-state index contributed by atoms with van der Waals surface area (Å²) < 4.78 is 0. The number of hydrogen-bond donors (Lipinski definition) is 1. The zero-order valence-electron chi connectivity index (χ0n) is 11.3. The summed E-state index contributed by atoms with van der Waals surface area (Å²) in [5.74, 6) is 2.18. The molecule has 0 radical (unpaired) electrons. The van der Waals surface area contributed by atoms with Crippen molar-refractivity contribution in [3.05, 3.63) is 35.9 Å². The van der Waals surface area contributed by atoms with Crippen LogP contribution in [0.3, 0.4) is 0 Å². The molecular weight excluding hydrogens is 315 g/mol. The third kappa shape index (κ3) is 5.52. The van der Waals surface area contributed by atoms with Crippen LogP contribution in [0.15, 0.2) is 30.3 Å². The Kier molecular flexibility index (Phi) is 8.38. The minimum Gasteiger partial charge on any atom is -0.353 e. The third-order valence-electron chi connectivity index (χ3n) is 3.23. The quantitative estimate of drug-likeness (QED) is 0.839. The van der Waals surface area contributed by atoms with Gasteiger partial charge in [0, 0.05) is 37.2 Å². The van der Waals surface area contributed by atoms with Gasteiger partial charge in [-0.1, -0.05) is 30.3 Å². The highest BCUT2D eigenvalue weighted by Crippen LogP contribution is 2.18. The molecule has 112 valence electrons. The van der Waals surface area contributed by atoms with Crippen molar-refractivity contribution in [1.29, 1.82) is 0 Å². The molecule has 1 aliphatic heterocycles. The molecule has 1 aromatic carbocycles. The molecule has 1 amide bonds. The lowest BCUT2D eigenvalue weighted by Crippen LogP contribution is -2.48. The van der Waals surface area contributed by atoms with Gasteiger partial charge in [0.25, 0.3) is 0 Å². The predicted octanol–water partition coefficient (Wildman–Crippen LogP) is 2.38. The largest absolute Gasteiger partial charge is 0.353 e. The Bertz CT molecular complexity index is 405. The van der Waals surface area contributed by atoms with Crippen LogP contribution in [-0.2, 0) is 11.3 Å². The van der Waals surface area contributed by atoms with Crippen molar-refractivity contribution in [3.8, 4) is 0 Å². The molecule has 1 heterocycles. The molecule has 1 saturated heterocycles. The van der Waals surface area contributed by atoms with Gasteiger partial charge in [-0.15, -0.1) is 24.0 Å². The summed E-state index contributed by atoms with van der Waals surface area (Å²) in [6.07, 6.45) is 0. The number of carbonyl (C=O) groups excluding carboxylic acids is 1. The van der Waals surface area contributed by atoms with Crippen molar-refractivity contribution >= 4 is 41.7 Å². The lowest BCUT2D eigenvalue weighted by atomic mass is 10.1. The summed E-state index contributed by atoms with van der Waals surface area (Å²) >= 11 is 7.46. The summed E-state index contributed by atoms with van der Waals surface area (Å²) in [6, 6.07) is 10.9. The number of nitrogens with zero attached hydrogens (tertiary/aromatic N) is 1. The highest BCUT2D eigenvalue weighted by atomic mass is 35.5. The van der Waals surface area contributed by atoms with E-state index in [1.165, 1.54) is 5.56 Å². The molecule has 1 atom stereocenters. The van der Waals surface area contributed by atoms with Crippen LogP contribution in [0.25, 0.3) is 0 Å². The Morgan fingerprint density at radius 2 is 2.15 bits per heavy atom. The highest BCUT2D eigenvalue weighted by molar-refractivity contribution is 7.99. The Hall–Kier alpha value is -0.420. The molecule has 1 unspecified atom stereocenters. The first-order valence-corrected chi connectivity index (χ1v) is 8.17. The fourth-order valence-electron chi connectivity index (χ4n) is 2.18. The average Bonchev–Trinajstić information content (AvgIpc) is 2.47. The number of carbonyl (C=O) groups is 1. The van der Waals surface area contributed by atoms with Crippen molar-refractivity contribution in [2.75, 3.05) is 30.5 Å². The molecule has 20 heavy (non-hydrogen) atoms. The number of alkyl halides is 1. The van der Waals surface area contributed by atoms with E-state index in [9.17, 15) is 4.79 Å². The summed E-state index contributed by atoms with van der Waals surface area (Å²) in [5.41, 5.74) is 1.32. The summed E-state index contributed by atoms with van der Waals surface area (Å²) in [5, 5.41) is 2.89. The molecule has 1 fully saturated rings. The number of hydrogen-bond acceptors (Lipinski definition) is 3. The van der Waals surface area contributed by atoms with E-state index in [1.54, 1.807) is 0 Å². The summed E-state index contributed by atoms with van der Waals surface area (Å²) in [6.45, 7) is 2.70. The maximum atomic E-state index is 11.3. The van der Waals surface area contributed by atoms with E-state index in [0.29, 0.717) is 12.6 Å². The molecule has 0 spiro atoms. The van der Waals surface area contributed by atoms with Crippen molar-refractivity contribution in [1.82, 2.24) is 10.2 Å². The van der Waals surface area contributed by atoms with Crippen LogP contribution in [0.4, 0.5) is 0 Å². The van der Waals surface area contributed by atoms with Crippen LogP contribution in [0.1, 0.15) is 5.56 Å². The van der Waals surface area contributed by atoms with Crippen molar-refractivity contribution in [2.45, 2.75) is 12.6 Å². The lowest BCUT2D eigenvalue weighted by Gasteiger charge is -2.35. The summed E-state index contributed by atoms with van der Waals surface area (Å²) in [4.78, 5) is 13.7. The minimum atomic E-state index is -0.0862. The van der Waals surface area contributed by atoms with Crippen LogP contribution in [0.5, 0.6) is 0 Å². The Balaban J connectivity index is 0.00000200. The van der Waals surface area contributed by atoms with Gasteiger partial charge in [-0.05, 0) is 5.56 Å². The van der Waals surface area contributed by atoms with Crippen molar-refractivity contribution in [2.24, 2.45) is 0 Å². The van der Waals surface area contributed by atoms with Crippen LogP contribution >= 0.6 is 35.8 Å². The van der Waals surface area contributed by atoms with Crippen molar-refractivity contribution in [3.63, 3.8) is 0 Å². The smallest absolute Gasteiger partial charge is 0.234 e. The van der Waals surface area contributed by atoms with Gasteiger partial charge in [0.2, 0.25) is 5.91 Å². The van der Waals surface area contributed by atoms with E-state index in [2.05, 4.69) is 34.5 Å². The highest BCUT2D eigenvalue weighted by Gasteiger charge is 2.23. The molecule has 1 aliphatic rings. The van der Waals surface area contributed by atoms with Crippen molar-refractivity contribution < 1.29 is 4.79 Å². The second-order valence-electron chi connectivity index (χ2n) is 4.62. The van der Waals surface area contributed by atoms with E-state index in [-0.39, 0.29) is 24.2 Å². The monoisotopic (exact) mass is 334 g/mol. The number of benzene rings is 1. The lowest BCUT2D eigenvalue weighted by molar-refractivity contribution is -0.118. The summed E-state index contributed by atoms with van der Waals surface area (Å²) in [7, 11) is 0. The normalized spacial score (nSPS) is 19.1. The number of thioether (sulfide) groups is 1. The maximum absolute atomic E-state index is 11.3. The Labute approximate surface area is 135 Å². The van der Waals surface area contributed by atoms with Crippen LogP contribution < -0.4 is 5.32 Å². The van der Waals surface area contributed by atoms with Gasteiger partial charge in [0.1, 0.15) is 5.88 Å². The molecule has 0 saturated carbocycles. The van der Waals surface area contributed by atoms with E-state index < -0.39 is 0 Å². The molecule has 2 rings (SSSR count). The van der Waals surface area contributed by atoms with Crippen LogP contribution in [0.2, 0.25) is 0 Å². The SMILES string of the molecule is Cl.O=C(CCl)NCC1CSCCN1Cc1ccccc1. The van der Waals surface area contributed by atoms with Gasteiger partial charge in [0.05, 0.1) is 0 Å². The average molecular weight is 335 g/mol.